The van der Waals surface area contributed by atoms with Gasteiger partial charge in [-0.2, -0.15) is 0 Å². The highest BCUT2D eigenvalue weighted by Crippen LogP contribution is 2.12. The van der Waals surface area contributed by atoms with E-state index < -0.39 is 0 Å². The smallest absolute Gasteiger partial charge is 0.256 e. The number of hydrogen-bond acceptors (Lipinski definition) is 3. The largest absolute Gasteiger partial charge is 0.319 e. The van der Waals surface area contributed by atoms with E-state index in [1.54, 1.807) is 36.7 Å². The lowest BCUT2D eigenvalue weighted by Gasteiger charge is -1.99. The van der Waals surface area contributed by atoms with E-state index in [4.69, 9.17) is 0 Å². The van der Waals surface area contributed by atoms with Crippen LogP contribution in [0.2, 0.25) is 0 Å². The van der Waals surface area contributed by atoms with Gasteiger partial charge in [0.2, 0.25) is 0 Å². The molecule has 0 aliphatic rings. The molecule has 4 heteroatoms. The van der Waals surface area contributed by atoms with Gasteiger partial charge in [0, 0.05) is 18.0 Å². The van der Waals surface area contributed by atoms with Crippen LogP contribution in [0.25, 0.3) is 11.1 Å². The summed E-state index contributed by atoms with van der Waals surface area (Å²) in [5, 5.41) is 0. The number of hydrogen-bond donors (Lipinski definition) is 1. The fourth-order valence-electron chi connectivity index (χ4n) is 1.32. The van der Waals surface area contributed by atoms with Crippen molar-refractivity contribution in [2.45, 2.75) is 0 Å². The summed E-state index contributed by atoms with van der Waals surface area (Å²) in [7, 11) is 0. The molecule has 2 rings (SSSR count). The maximum Gasteiger partial charge on any atom is 0.256 e. The van der Waals surface area contributed by atoms with Gasteiger partial charge >= 0.3 is 0 Å². The number of nitrogens with one attached hydrogen (secondary N) is 1. The van der Waals surface area contributed by atoms with Gasteiger partial charge in [-0.15, -0.1) is 0 Å². The zero-order valence-corrected chi connectivity index (χ0v) is 7.81. The predicted octanol–water partition coefficient (Wildman–Crippen LogP) is 1.25. The lowest BCUT2D eigenvalue weighted by molar-refractivity contribution is 0.111. The Kier molecular flexibility index (Phi) is 2.41. The Labute approximate surface area is 85.6 Å². The number of aldehydes is 1. The molecule has 0 saturated carbocycles. The Morgan fingerprint density at radius 3 is 2.47 bits per heavy atom. The van der Waals surface area contributed by atoms with E-state index >= 15 is 0 Å². The zero-order chi connectivity index (χ0) is 10.7. The highest BCUT2D eigenvalue weighted by molar-refractivity contribution is 5.73. The van der Waals surface area contributed by atoms with Crippen molar-refractivity contribution >= 4 is 6.29 Å². The van der Waals surface area contributed by atoms with Crippen LogP contribution in [-0.4, -0.2) is 16.3 Å². The molecule has 1 N–H and O–H groups in total. The fourth-order valence-corrected chi connectivity index (χ4v) is 1.32. The van der Waals surface area contributed by atoms with Crippen LogP contribution in [0, 0.1) is 0 Å². The first-order valence-electron chi connectivity index (χ1n) is 4.40. The van der Waals surface area contributed by atoms with E-state index in [0.717, 1.165) is 5.56 Å². The van der Waals surface area contributed by atoms with E-state index in [1.807, 2.05) is 0 Å². The number of H-pyrrole nitrogens is 1. The maximum absolute atomic E-state index is 11.6. The second kappa shape index (κ2) is 3.88. The molecule has 0 amide bonds. The first-order valence-corrected chi connectivity index (χ1v) is 4.40. The Morgan fingerprint density at radius 1 is 1.13 bits per heavy atom. The van der Waals surface area contributed by atoms with Crippen molar-refractivity contribution < 1.29 is 4.79 Å². The van der Waals surface area contributed by atoms with Gasteiger partial charge in [-0.05, 0) is 29.8 Å². The molecule has 2 aromatic heterocycles. The molecule has 0 aliphatic heterocycles. The number of rotatable bonds is 2. The van der Waals surface area contributed by atoms with Gasteiger partial charge in [-0.25, -0.2) is 0 Å². The molecular weight excluding hydrogens is 192 g/mol. The molecule has 0 spiro atoms. The van der Waals surface area contributed by atoms with Crippen molar-refractivity contribution in [3.8, 4) is 11.1 Å². The van der Waals surface area contributed by atoms with Crippen LogP contribution in [-0.2, 0) is 0 Å². The highest BCUT2D eigenvalue weighted by atomic mass is 16.1. The Hall–Kier alpha value is -2.23. The average molecular weight is 200 g/mol. The second-order valence-electron chi connectivity index (χ2n) is 3.01. The Bertz CT molecular complexity index is 532. The van der Waals surface area contributed by atoms with Crippen LogP contribution in [0.3, 0.4) is 0 Å². The molecule has 0 saturated heterocycles. The standard InChI is InChI=1S/C11H8N2O2/c14-7-9-1-2-10(11(15)13-9)8-3-5-12-6-4-8/h1-7H,(H,13,15). The number of aromatic amines is 1. The minimum absolute atomic E-state index is 0.272. The third-order valence-corrected chi connectivity index (χ3v) is 2.05. The number of carbonyl (C=O) groups is 1. The number of aromatic nitrogens is 2. The fraction of sp³-hybridized carbons (Fsp3) is 0. The zero-order valence-electron chi connectivity index (χ0n) is 7.81. The monoisotopic (exact) mass is 200 g/mol. The van der Waals surface area contributed by atoms with E-state index in [2.05, 4.69) is 9.97 Å². The van der Waals surface area contributed by atoms with Crippen LogP contribution in [0.15, 0.2) is 41.5 Å². The van der Waals surface area contributed by atoms with E-state index in [0.29, 0.717) is 11.8 Å². The van der Waals surface area contributed by atoms with Gasteiger partial charge in [0.25, 0.3) is 5.56 Å². The summed E-state index contributed by atoms with van der Waals surface area (Å²) < 4.78 is 0. The van der Waals surface area contributed by atoms with Crippen molar-refractivity contribution in [1.29, 1.82) is 0 Å². The normalized spacial score (nSPS) is 9.87. The van der Waals surface area contributed by atoms with Gasteiger partial charge in [0.1, 0.15) is 0 Å². The quantitative estimate of drug-likeness (QED) is 0.742. The first-order chi connectivity index (χ1) is 7.31. The molecule has 15 heavy (non-hydrogen) atoms. The van der Waals surface area contributed by atoms with Crippen LogP contribution in [0.4, 0.5) is 0 Å². The summed E-state index contributed by atoms with van der Waals surface area (Å²) in [6.07, 6.45) is 3.84. The van der Waals surface area contributed by atoms with Crippen LogP contribution < -0.4 is 5.56 Å². The molecule has 0 fully saturated rings. The van der Waals surface area contributed by atoms with Crippen molar-refractivity contribution in [1.82, 2.24) is 9.97 Å². The van der Waals surface area contributed by atoms with Gasteiger partial charge in [-0.3, -0.25) is 14.6 Å². The van der Waals surface area contributed by atoms with Crippen molar-refractivity contribution in [2.24, 2.45) is 0 Å². The average Bonchev–Trinajstić information content (AvgIpc) is 2.30. The third-order valence-electron chi connectivity index (χ3n) is 2.05. The van der Waals surface area contributed by atoms with Crippen LogP contribution in [0.1, 0.15) is 10.5 Å². The first kappa shape index (κ1) is 9.33. The lowest BCUT2D eigenvalue weighted by Crippen LogP contribution is -2.10. The summed E-state index contributed by atoms with van der Waals surface area (Å²) in [5.74, 6) is 0. The molecule has 0 radical (unpaired) electrons. The molecule has 0 atom stereocenters. The molecule has 74 valence electrons. The molecule has 0 bridgehead atoms. The summed E-state index contributed by atoms with van der Waals surface area (Å²) >= 11 is 0. The van der Waals surface area contributed by atoms with Gasteiger partial charge in [-0.1, -0.05) is 0 Å². The summed E-state index contributed by atoms with van der Waals surface area (Å²) in [6.45, 7) is 0. The summed E-state index contributed by atoms with van der Waals surface area (Å²) in [4.78, 5) is 28.3. The van der Waals surface area contributed by atoms with E-state index in [-0.39, 0.29) is 11.3 Å². The van der Waals surface area contributed by atoms with E-state index in [1.165, 1.54) is 0 Å². The van der Waals surface area contributed by atoms with Crippen molar-refractivity contribution in [3.63, 3.8) is 0 Å². The predicted molar refractivity (Wildman–Crippen MR) is 55.7 cm³/mol. The minimum Gasteiger partial charge on any atom is -0.319 e. The second-order valence-corrected chi connectivity index (χ2v) is 3.01. The summed E-state index contributed by atoms with van der Waals surface area (Å²) in [6, 6.07) is 6.68. The molecule has 0 aromatic carbocycles. The highest BCUT2D eigenvalue weighted by Gasteiger charge is 2.02. The molecular formula is C11H8N2O2. The van der Waals surface area contributed by atoms with Crippen LogP contribution in [0.5, 0.6) is 0 Å². The van der Waals surface area contributed by atoms with Gasteiger partial charge in [0.05, 0.1) is 5.69 Å². The molecule has 0 aliphatic carbocycles. The number of carbonyl (C=O) groups excluding carboxylic acids is 1. The SMILES string of the molecule is O=Cc1ccc(-c2ccncc2)c(=O)[nH]1. The van der Waals surface area contributed by atoms with Gasteiger partial charge < -0.3 is 4.98 Å². The summed E-state index contributed by atoms with van der Waals surface area (Å²) in [5.41, 5.74) is 1.32. The minimum atomic E-state index is -0.272. The molecule has 2 aromatic rings. The molecule has 2 heterocycles. The number of pyridine rings is 2. The van der Waals surface area contributed by atoms with Gasteiger partial charge in [0.15, 0.2) is 6.29 Å². The van der Waals surface area contributed by atoms with Crippen molar-refractivity contribution in [3.05, 3.63) is 52.7 Å². The van der Waals surface area contributed by atoms with Crippen molar-refractivity contribution in [2.75, 3.05) is 0 Å². The number of nitrogens with zero attached hydrogens (tertiary/aromatic N) is 1. The molecule has 4 nitrogen and oxygen atoms in total. The maximum atomic E-state index is 11.6. The van der Waals surface area contributed by atoms with E-state index in [9.17, 15) is 9.59 Å². The van der Waals surface area contributed by atoms with Crippen LogP contribution >= 0.6 is 0 Å². The topological polar surface area (TPSA) is 62.8 Å². The molecule has 0 unspecified atom stereocenters. The lowest BCUT2D eigenvalue weighted by atomic mass is 10.1. The Morgan fingerprint density at radius 2 is 1.87 bits per heavy atom. The third kappa shape index (κ3) is 1.83. The Balaban J connectivity index is 2.56.